The third-order valence-corrected chi connectivity index (χ3v) is 6.88. The zero-order chi connectivity index (χ0) is 22.8. The summed E-state index contributed by atoms with van der Waals surface area (Å²) in [6.45, 7) is -0.409. The van der Waals surface area contributed by atoms with E-state index in [1.165, 1.54) is 36.3 Å². The summed E-state index contributed by atoms with van der Waals surface area (Å²) in [5.74, 6) is -1.16. The number of methoxy groups -OCH3 is 1. The Morgan fingerprint density at radius 2 is 1.77 bits per heavy atom. The van der Waals surface area contributed by atoms with Gasteiger partial charge in [0.15, 0.2) is 0 Å². The molecule has 1 atom stereocenters. The van der Waals surface area contributed by atoms with Gasteiger partial charge in [-0.3, -0.25) is 9.59 Å². The summed E-state index contributed by atoms with van der Waals surface area (Å²) in [5.41, 5.74) is 1.06. The highest BCUT2D eigenvalue weighted by Crippen LogP contribution is 2.31. The van der Waals surface area contributed by atoms with Crippen molar-refractivity contribution in [2.45, 2.75) is 17.5 Å². The van der Waals surface area contributed by atoms with E-state index in [4.69, 9.17) is 4.74 Å². The predicted octanol–water partition coefficient (Wildman–Crippen LogP) is 1.25. The van der Waals surface area contributed by atoms with Gasteiger partial charge in [-0.1, -0.05) is 18.2 Å². The first-order valence-corrected chi connectivity index (χ1v) is 11.0. The Bertz CT molecular complexity index is 1070. The number of hydrogen-bond donors (Lipinski definition) is 1. The van der Waals surface area contributed by atoms with Crippen molar-refractivity contribution in [2.75, 3.05) is 39.2 Å². The van der Waals surface area contributed by atoms with E-state index in [2.05, 4.69) is 0 Å². The first kappa shape index (κ1) is 22.7. The van der Waals surface area contributed by atoms with Gasteiger partial charge in [-0.2, -0.15) is 4.31 Å². The molecule has 0 aromatic heterocycles. The van der Waals surface area contributed by atoms with Crippen LogP contribution in [-0.2, 0) is 26.2 Å². The molecule has 31 heavy (non-hydrogen) atoms. The predicted molar refractivity (Wildman–Crippen MR) is 114 cm³/mol. The largest absolute Gasteiger partial charge is 0.497 e. The van der Waals surface area contributed by atoms with Crippen molar-refractivity contribution in [3.63, 3.8) is 0 Å². The minimum atomic E-state index is -4.17. The highest BCUT2D eigenvalue weighted by atomic mass is 32.2. The van der Waals surface area contributed by atoms with Crippen molar-refractivity contribution in [3.05, 3.63) is 54.1 Å². The lowest BCUT2D eigenvalue weighted by Gasteiger charge is -2.29. The molecule has 3 rings (SSSR count). The number of para-hydroxylation sites is 1. The van der Waals surface area contributed by atoms with Crippen LogP contribution >= 0.6 is 0 Å². The number of nitrogens with zero attached hydrogens (tertiary/aromatic N) is 3. The SMILES string of the molecule is COc1ccc(S(=O)(=O)N2Cc3ccccc3N(C(=O)CN(C)C)CC2C(=O)O)cc1. The van der Waals surface area contributed by atoms with Crippen LogP contribution in [0.25, 0.3) is 0 Å². The second kappa shape index (κ2) is 9.04. The average Bonchev–Trinajstić information content (AvgIpc) is 2.91. The van der Waals surface area contributed by atoms with Gasteiger partial charge in [0.25, 0.3) is 0 Å². The fraction of sp³-hybridized carbons (Fsp3) is 0.333. The molecule has 0 radical (unpaired) electrons. The van der Waals surface area contributed by atoms with E-state index in [-0.39, 0.29) is 30.4 Å². The highest BCUT2D eigenvalue weighted by molar-refractivity contribution is 7.89. The second-order valence-electron chi connectivity index (χ2n) is 7.45. The fourth-order valence-corrected chi connectivity index (χ4v) is 5.03. The van der Waals surface area contributed by atoms with Crippen LogP contribution in [0.15, 0.2) is 53.4 Å². The molecule has 1 aliphatic heterocycles. The minimum Gasteiger partial charge on any atom is -0.497 e. The third-order valence-electron chi connectivity index (χ3n) is 5.02. The molecule has 1 N–H and O–H groups in total. The smallest absolute Gasteiger partial charge is 0.323 e. The van der Waals surface area contributed by atoms with Gasteiger partial charge in [0.05, 0.1) is 25.1 Å². The van der Waals surface area contributed by atoms with E-state index >= 15 is 0 Å². The van der Waals surface area contributed by atoms with Crippen molar-refractivity contribution in [3.8, 4) is 5.75 Å². The van der Waals surface area contributed by atoms with E-state index in [1.807, 2.05) is 0 Å². The van der Waals surface area contributed by atoms with Crippen LogP contribution in [0.5, 0.6) is 5.75 Å². The average molecular weight is 448 g/mol. The van der Waals surface area contributed by atoms with Crippen LogP contribution in [-0.4, -0.2) is 74.9 Å². The monoisotopic (exact) mass is 447 g/mol. The lowest BCUT2D eigenvalue weighted by Crippen LogP contribution is -2.51. The van der Waals surface area contributed by atoms with Gasteiger partial charge >= 0.3 is 5.97 Å². The molecular formula is C21H25N3O6S. The summed E-state index contributed by atoms with van der Waals surface area (Å²) >= 11 is 0. The molecule has 0 spiro atoms. The molecule has 10 heteroatoms. The Morgan fingerprint density at radius 1 is 1.13 bits per heavy atom. The molecule has 1 unspecified atom stereocenters. The highest BCUT2D eigenvalue weighted by Gasteiger charge is 2.41. The number of likely N-dealkylation sites (N-methyl/N-ethyl adjacent to an activating group) is 1. The maximum atomic E-state index is 13.4. The molecule has 0 aliphatic carbocycles. The topological polar surface area (TPSA) is 107 Å². The van der Waals surface area contributed by atoms with Crippen molar-refractivity contribution in [1.29, 1.82) is 0 Å². The number of carboxylic acids is 1. The molecule has 166 valence electrons. The van der Waals surface area contributed by atoms with Crippen molar-refractivity contribution < 1.29 is 27.9 Å². The van der Waals surface area contributed by atoms with Crippen LogP contribution in [0.1, 0.15) is 5.56 Å². The summed E-state index contributed by atoms with van der Waals surface area (Å²) in [6, 6.07) is 11.2. The summed E-state index contributed by atoms with van der Waals surface area (Å²) < 4.78 is 32.9. The van der Waals surface area contributed by atoms with Gasteiger partial charge in [-0.15, -0.1) is 0 Å². The first-order chi connectivity index (χ1) is 14.6. The minimum absolute atomic E-state index is 0.0508. The first-order valence-electron chi connectivity index (χ1n) is 9.57. The zero-order valence-corrected chi connectivity index (χ0v) is 18.4. The van der Waals surface area contributed by atoms with Crippen molar-refractivity contribution >= 4 is 27.6 Å². The Kier molecular flexibility index (Phi) is 6.63. The van der Waals surface area contributed by atoms with Crippen LogP contribution in [0, 0.1) is 0 Å². The van der Waals surface area contributed by atoms with E-state index in [0.717, 1.165) is 4.31 Å². The number of anilines is 1. The normalized spacial score (nSPS) is 17.2. The van der Waals surface area contributed by atoms with E-state index in [0.29, 0.717) is 17.0 Å². The standard InChI is InChI=1S/C21H25N3O6S/c1-22(2)14-20(25)23-13-19(21(26)27)24(12-15-6-4-5-7-18(15)23)31(28,29)17-10-8-16(30-3)9-11-17/h4-11,19H,12-14H2,1-3H3,(H,26,27). The van der Waals surface area contributed by atoms with Crippen molar-refractivity contribution in [1.82, 2.24) is 9.21 Å². The summed E-state index contributed by atoms with van der Waals surface area (Å²) in [7, 11) is 0.762. The van der Waals surface area contributed by atoms with Crippen LogP contribution in [0.3, 0.4) is 0 Å². The Hall–Kier alpha value is -2.95. The molecule has 2 aromatic carbocycles. The number of carboxylic acid groups (broad SMARTS) is 1. The number of benzene rings is 2. The van der Waals surface area contributed by atoms with Gasteiger partial charge in [-0.05, 0) is 50.0 Å². The van der Waals surface area contributed by atoms with E-state index < -0.39 is 22.0 Å². The van der Waals surface area contributed by atoms with Crippen LogP contribution in [0.2, 0.25) is 0 Å². The van der Waals surface area contributed by atoms with Gasteiger partial charge in [-0.25, -0.2) is 8.42 Å². The van der Waals surface area contributed by atoms with Crippen LogP contribution < -0.4 is 9.64 Å². The molecule has 2 aromatic rings. The zero-order valence-electron chi connectivity index (χ0n) is 17.6. The number of sulfonamides is 1. The van der Waals surface area contributed by atoms with Crippen molar-refractivity contribution in [2.24, 2.45) is 0 Å². The van der Waals surface area contributed by atoms with Crippen LogP contribution in [0.4, 0.5) is 5.69 Å². The molecule has 0 bridgehead atoms. The van der Waals surface area contributed by atoms with Gasteiger partial charge in [0, 0.05) is 12.2 Å². The molecule has 9 nitrogen and oxygen atoms in total. The quantitative estimate of drug-likeness (QED) is 0.710. The summed E-state index contributed by atoms with van der Waals surface area (Å²) in [4.78, 5) is 28.0. The molecule has 0 saturated heterocycles. The summed E-state index contributed by atoms with van der Waals surface area (Å²) in [5, 5.41) is 9.91. The number of hydrogen-bond acceptors (Lipinski definition) is 6. The van der Waals surface area contributed by atoms with E-state index in [9.17, 15) is 23.1 Å². The molecule has 1 aliphatic rings. The number of ether oxygens (including phenoxy) is 1. The van der Waals surface area contributed by atoms with E-state index in [1.54, 1.807) is 43.3 Å². The molecule has 1 amide bonds. The number of amides is 1. The number of carbonyl (C=O) groups excluding carboxylic acids is 1. The third kappa shape index (κ3) is 4.71. The van der Waals surface area contributed by atoms with Gasteiger partial charge < -0.3 is 19.6 Å². The van der Waals surface area contributed by atoms with Gasteiger partial charge in [0.1, 0.15) is 11.8 Å². The number of aliphatic carboxylic acids is 1. The van der Waals surface area contributed by atoms with Gasteiger partial charge in [0.2, 0.25) is 15.9 Å². The Balaban J connectivity index is 2.09. The maximum absolute atomic E-state index is 13.4. The molecule has 0 fully saturated rings. The fourth-order valence-electron chi connectivity index (χ4n) is 3.48. The maximum Gasteiger partial charge on any atom is 0.323 e. The number of carbonyl (C=O) groups is 2. The second-order valence-corrected chi connectivity index (χ2v) is 9.34. The molecular weight excluding hydrogens is 422 g/mol. The Labute approximate surface area is 181 Å². The molecule has 1 heterocycles. The lowest BCUT2D eigenvalue weighted by molar-refractivity contribution is -0.141. The number of fused-ring (bicyclic) bond motifs is 1. The lowest BCUT2D eigenvalue weighted by atomic mass is 10.1. The Morgan fingerprint density at radius 3 is 2.35 bits per heavy atom. The summed E-state index contributed by atoms with van der Waals surface area (Å²) in [6.07, 6.45) is 0. The number of rotatable bonds is 6. The molecule has 0 saturated carbocycles.